The molecule has 1 rings (SSSR count). The Bertz CT molecular complexity index is 368. The van der Waals surface area contributed by atoms with Crippen LogP contribution < -0.4 is 0 Å². The third-order valence-corrected chi connectivity index (χ3v) is 2.25. The Morgan fingerprint density at radius 3 is 2.81 bits per heavy atom. The lowest BCUT2D eigenvalue weighted by atomic mass is 10.2. The Kier molecular flexibility index (Phi) is 5.28. The van der Waals surface area contributed by atoms with Crippen LogP contribution >= 0.6 is 12.6 Å². The van der Waals surface area contributed by atoms with Crippen molar-refractivity contribution in [3.05, 3.63) is 29.6 Å². The van der Waals surface area contributed by atoms with Crippen molar-refractivity contribution in [2.75, 3.05) is 20.3 Å². The van der Waals surface area contributed by atoms with Crippen LogP contribution in [0.1, 0.15) is 16.8 Å². The molecular formula is C11H13FO3S. The van der Waals surface area contributed by atoms with Crippen molar-refractivity contribution >= 4 is 18.6 Å². The molecule has 0 unspecified atom stereocenters. The lowest BCUT2D eigenvalue weighted by Crippen LogP contribution is -2.08. The van der Waals surface area contributed by atoms with E-state index < -0.39 is 11.8 Å². The van der Waals surface area contributed by atoms with Gasteiger partial charge in [0, 0.05) is 25.0 Å². The van der Waals surface area contributed by atoms with Crippen LogP contribution in [-0.2, 0) is 9.47 Å². The largest absolute Gasteiger partial charge is 0.462 e. The van der Waals surface area contributed by atoms with Gasteiger partial charge in [-0.25, -0.2) is 9.18 Å². The van der Waals surface area contributed by atoms with E-state index >= 15 is 0 Å². The number of benzene rings is 1. The number of rotatable bonds is 5. The third kappa shape index (κ3) is 3.83. The monoisotopic (exact) mass is 244 g/mol. The van der Waals surface area contributed by atoms with Crippen LogP contribution in [0.5, 0.6) is 0 Å². The highest BCUT2D eigenvalue weighted by Gasteiger charge is 2.08. The molecule has 3 nitrogen and oxygen atoms in total. The number of carbonyl (C=O) groups is 1. The Morgan fingerprint density at radius 2 is 2.19 bits per heavy atom. The fourth-order valence-corrected chi connectivity index (χ4v) is 1.30. The molecule has 0 aliphatic carbocycles. The Balaban J connectivity index is 2.50. The summed E-state index contributed by atoms with van der Waals surface area (Å²) in [6.45, 7) is 0.820. The molecule has 0 heterocycles. The van der Waals surface area contributed by atoms with E-state index in [9.17, 15) is 9.18 Å². The highest BCUT2D eigenvalue weighted by molar-refractivity contribution is 7.80. The predicted octanol–water partition coefficient (Wildman–Crippen LogP) is 2.31. The van der Waals surface area contributed by atoms with E-state index in [2.05, 4.69) is 12.6 Å². The fraction of sp³-hybridized carbons (Fsp3) is 0.364. The number of halogens is 1. The van der Waals surface area contributed by atoms with Crippen LogP contribution in [0.3, 0.4) is 0 Å². The van der Waals surface area contributed by atoms with E-state index in [1.165, 1.54) is 18.2 Å². The first-order valence-electron chi connectivity index (χ1n) is 4.79. The maximum Gasteiger partial charge on any atom is 0.338 e. The van der Waals surface area contributed by atoms with E-state index in [0.29, 0.717) is 18.6 Å². The van der Waals surface area contributed by atoms with Crippen molar-refractivity contribution in [3.8, 4) is 0 Å². The number of carbonyl (C=O) groups excluding carboxylic acids is 1. The van der Waals surface area contributed by atoms with Crippen molar-refractivity contribution in [2.45, 2.75) is 11.3 Å². The maximum atomic E-state index is 12.9. The second kappa shape index (κ2) is 6.50. The highest BCUT2D eigenvalue weighted by Crippen LogP contribution is 2.14. The van der Waals surface area contributed by atoms with E-state index in [1.54, 1.807) is 7.11 Å². The SMILES string of the molecule is COCCCOC(=O)c1ccc(F)c(S)c1. The highest BCUT2D eigenvalue weighted by atomic mass is 32.1. The molecule has 5 heteroatoms. The summed E-state index contributed by atoms with van der Waals surface area (Å²) in [5.41, 5.74) is 0.295. The predicted molar refractivity (Wildman–Crippen MR) is 60.4 cm³/mol. The summed E-state index contributed by atoms with van der Waals surface area (Å²) in [7, 11) is 1.58. The van der Waals surface area contributed by atoms with Crippen LogP contribution in [0.15, 0.2) is 23.1 Å². The molecule has 0 radical (unpaired) electrons. The van der Waals surface area contributed by atoms with Gasteiger partial charge in [-0.15, -0.1) is 12.6 Å². The van der Waals surface area contributed by atoms with Gasteiger partial charge in [0.25, 0.3) is 0 Å². The van der Waals surface area contributed by atoms with Crippen LogP contribution in [0, 0.1) is 5.82 Å². The Labute approximate surface area is 99.0 Å². The van der Waals surface area contributed by atoms with Gasteiger partial charge in [0.15, 0.2) is 0 Å². The summed E-state index contributed by atoms with van der Waals surface area (Å²) in [6, 6.07) is 3.90. The number of hydrogen-bond acceptors (Lipinski definition) is 4. The molecule has 0 saturated carbocycles. The molecule has 0 amide bonds. The summed E-state index contributed by atoms with van der Waals surface area (Å²) in [5, 5.41) is 0. The molecule has 0 aromatic heterocycles. The summed E-state index contributed by atoms with van der Waals surface area (Å²) >= 11 is 3.88. The van der Waals surface area contributed by atoms with E-state index in [0.717, 1.165) is 0 Å². The minimum absolute atomic E-state index is 0.131. The second-order valence-corrected chi connectivity index (χ2v) is 3.63. The molecule has 1 aromatic rings. The zero-order chi connectivity index (χ0) is 12.0. The molecule has 0 N–H and O–H groups in total. The van der Waals surface area contributed by atoms with Gasteiger partial charge in [-0.2, -0.15) is 0 Å². The van der Waals surface area contributed by atoms with Crippen LogP contribution in [0.25, 0.3) is 0 Å². The van der Waals surface area contributed by atoms with E-state index in [1.807, 2.05) is 0 Å². The summed E-state index contributed by atoms with van der Waals surface area (Å²) < 4.78 is 22.6. The summed E-state index contributed by atoms with van der Waals surface area (Å²) in [5.74, 6) is -0.939. The number of methoxy groups -OCH3 is 1. The van der Waals surface area contributed by atoms with Gasteiger partial charge in [0.05, 0.1) is 12.2 Å². The molecule has 0 saturated heterocycles. The molecule has 16 heavy (non-hydrogen) atoms. The normalized spacial score (nSPS) is 10.2. The van der Waals surface area contributed by atoms with Crippen molar-refractivity contribution in [3.63, 3.8) is 0 Å². The Morgan fingerprint density at radius 1 is 1.44 bits per heavy atom. The molecule has 1 aromatic carbocycles. The molecule has 0 spiro atoms. The topological polar surface area (TPSA) is 35.5 Å². The summed E-state index contributed by atoms with van der Waals surface area (Å²) in [6.07, 6.45) is 0.636. The first-order chi connectivity index (χ1) is 7.65. The summed E-state index contributed by atoms with van der Waals surface area (Å²) in [4.78, 5) is 11.6. The van der Waals surface area contributed by atoms with Gasteiger partial charge < -0.3 is 9.47 Å². The van der Waals surface area contributed by atoms with Gasteiger partial charge in [0.1, 0.15) is 5.82 Å². The molecule has 0 aliphatic rings. The van der Waals surface area contributed by atoms with Crippen molar-refractivity contribution < 1.29 is 18.7 Å². The minimum Gasteiger partial charge on any atom is -0.462 e. The zero-order valence-electron chi connectivity index (χ0n) is 8.90. The van der Waals surface area contributed by atoms with E-state index in [-0.39, 0.29) is 11.5 Å². The van der Waals surface area contributed by atoms with Crippen LogP contribution in [0.4, 0.5) is 4.39 Å². The van der Waals surface area contributed by atoms with Gasteiger partial charge in [0.2, 0.25) is 0 Å². The molecular weight excluding hydrogens is 231 g/mol. The van der Waals surface area contributed by atoms with Crippen molar-refractivity contribution in [1.82, 2.24) is 0 Å². The molecule has 0 bridgehead atoms. The van der Waals surface area contributed by atoms with E-state index in [4.69, 9.17) is 9.47 Å². The van der Waals surface area contributed by atoms with Gasteiger partial charge >= 0.3 is 5.97 Å². The molecule has 0 aliphatic heterocycles. The number of hydrogen-bond donors (Lipinski definition) is 1. The lowest BCUT2D eigenvalue weighted by molar-refractivity contribution is 0.0468. The van der Waals surface area contributed by atoms with Crippen LogP contribution in [-0.4, -0.2) is 26.3 Å². The molecule has 0 fully saturated rings. The van der Waals surface area contributed by atoms with Crippen LogP contribution in [0.2, 0.25) is 0 Å². The average molecular weight is 244 g/mol. The molecule has 88 valence electrons. The number of thiol groups is 1. The average Bonchev–Trinajstić information content (AvgIpc) is 2.28. The first kappa shape index (κ1) is 13.0. The third-order valence-electron chi connectivity index (χ3n) is 1.91. The second-order valence-electron chi connectivity index (χ2n) is 3.15. The Hall–Kier alpha value is -1.07. The minimum atomic E-state index is -0.480. The smallest absolute Gasteiger partial charge is 0.338 e. The standard InChI is InChI=1S/C11H13FO3S/c1-14-5-2-6-15-11(13)8-3-4-9(12)10(16)7-8/h3-4,7,16H,2,5-6H2,1H3. The van der Waals surface area contributed by atoms with Gasteiger partial charge in [-0.1, -0.05) is 0 Å². The number of esters is 1. The van der Waals surface area contributed by atoms with Crippen molar-refractivity contribution in [1.29, 1.82) is 0 Å². The number of ether oxygens (including phenoxy) is 2. The van der Waals surface area contributed by atoms with Gasteiger partial charge in [-0.3, -0.25) is 0 Å². The quantitative estimate of drug-likeness (QED) is 0.490. The zero-order valence-corrected chi connectivity index (χ0v) is 9.80. The molecule has 0 atom stereocenters. The fourth-order valence-electron chi connectivity index (χ4n) is 1.09. The van der Waals surface area contributed by atoms with Crippen molar-refractivity contribution in [2.24, 2.45) is 0 Å². The maximum absolute atomic E-state index is 12.9. The van der Waals surface area contributed by atoms with Gasteiger partial charge in [-0.05, 0) is 18.2 Å². The first-order valence-corrected chi connectivity index (χ1v) is 5.24. The lowest BCUT2D eigenvalue weighted by Gasteiger charge is -2.05.